The molecule has 0 aliphatic carbocycles. The van der Waals surface area contributed by atoms with Gasteiger partial charge in [0.15, 0.2) is 5.13 Å². The van der Waals surface area contributed by atoms with E-state index in [1.807, 2.05) is 0 Å². The maximum Gasteiger partial charge on any atom is 0.223 e. The van der Waals surface area contributed by atoms with E-state index in [-0.39, 0.29) is 5.88 Å². The van der Waals surface area contributed by atoms with Crippen molar-refractivity contribution in [2.24, 2.45) is 5.92 Å². The molecule has 0 aromatic carbocycles. The van der Waals surface area contributed by atoms with Crippen LogP contribution in [0.2, 0.25) is 0 Å². The number of thiazole rings is 1. The van der Waals surface area contributed by atoms with E-state index < -0.39 is 0 Å². The van der Waals surface area contributed by atoms with Gasteiger partial charge in [0.25, 0.3) is 0 Å². The fraction of sp³-hybridized carbons (Fsp3) is 0.700. The average molecular weight is 228 g/mol. The van der Waals surface area contributed by atoms with Gasteiger partial charge in [-0.15, -0.1) is 11.3 Å². The molecule has 0 bridgehead atoms. The zero-order valence-corrected chi connectivity index (χ0v) is 9.66. The molecule has 15 heavy (non-hydrogen) atoms. The molecule has 1 atom stereocenters. The van der Waals surface area contributed by atoms with Gasteiger partial charge in [-0.3, -0.25) is 0 Å². The van der Waals surface area contributed by atoms with Crippen LogP contribution < -0.4 is 4.90 Å². The van der Waals surface area contributed by atoms with Gasteiger partial charge in [0.2, 0.25) is 5.88 Å². The van der Waals surface area contributed by atoms with Crippen molar-refractivity contribution in [3.63, 3.8) is 0 Å². The molecule has 84 valence electrons. The Hall–Kier alpha value is -0.810. The summed E-state index contributed by atoms with van der Waals surface area (Å²) in [5.41, 5.74) is 0. The van der Waals surface area contributed by atoms with Gasteiger partial charge < -0.3 is 14.7 Å². The Bertz CT molecular complexity index is 314. The number of anilines is 1. The third-order valence-electron chi connectivity index (χ3n) is 2.67. The van der Waals surface area contributed by atoms with Crippen LogP contribution in [0.5, 0.6) is 5.88 Å². The van der Waals surface area contributed by atoms with Crippen LogP contribution in [0.25, 0.3) is 0 Å². The summed E-state index contributed by atoms with van der Waals surface area (Å²) in [6.45, 7) is 2.84. The van der Waals surface area contributed by atoms with Crippen molar-refractivity contribution in [2.75, 3.05) is 31.7 Å². The number of piperidine rings is 1. The second kappa shape index (κ2) is 4.81. The van der Waals surface area contributed by atoms with Crippen molar-refractivity contribution < 1.29 is 9.84 Å². The van der Waals surface area contributed by atoms with Crippen LogP contribution in [0.15, 0.2) is 5.38 Å². The number of aromatic hydroxyl groups is 1. The zero-order valence-electron chi connectivity index (χ0n) is 8.85. The Labute approximate surface area is 93.5 Å². The minimum atomic E-state index is 0.129. The summed E-state index contributed by atoms with van der Waals surface area (Å²) in [4.78, 5) is 6.32. The normalized spacial score (nSPS) is 21.9. The quantitative estimate of drug-likeness (QED) is 0.855. The Morgan fingerprint density at radius 2 is 2.60 bits per heavy atom. The maximum atomic E-state index is 9.20. The van der Waals surface area contributed by atoms with E-state index in [1.165, 1.54) is 24.2 Å². The minimum Gasteiger partial charge on any atom is -0.493 e. The summed E-state index contributed by atoms with van der Waals surface area (Å²) < 4.78 is 5.18. The molecule has 0 amide bonds. The molecule has 1 fully saturated rings. The van der Waals surface area contributed by atoms with E-state index in [4.69, 9.17) is 4.74 Å². The molecule has 2 heterocycles. The molecule has 1 aromatic rings. The summed E-state index contributed by atoms with van der Waals surface area (Å²) in [5, 5.41) is 11.8. The molecule has 0 radical (unpaired) electrons. The number of nitrogens with zero attached hydrogens (tertiary/aromatic N) is 2. The molecule has 1 aliphatic heterocycles. The molecule has 1 aliphatic rings. The molecule has 0 saturated carbocycles. The lowest BCUT2D eigenvalue weighted by Crippen LogP contribution is -2.37. The van der Waals surface area contributed by atoms with Crippen molar-refractivity contribution in [1.82, 2.24) is 4.98 Å². The highest BCUT2D eigenvalue weighted by Crippen LogP contribution is 2.28. The smallest absolute Gasteiger partial charge is 0.223 e. The van der Waals surface area contributed by atoms with Gasteiger partial charge in [-0.05, 0) is 18.8 Å². The van der Waals surface area contributed by atoms with Gasteiger partial charge in [-0.1, -0.05) is 0 Å². The molecular formula is C10H16N2O2S. The standard InChI is InChI=1S/C10H16N2O2S/c1-14-6-8-3-2-4-12(5-8)10-11-9(13)7-15-10/h7-8,13H,2-6H2,1H3. The molecule has 2 rings (SSSR count). The van der Waals surface area contributed by atoms with E-state index >= 15 is 0 Å². The number of aromatic nitrogens is 1. The fourth-order valence-corrected chi connectivity index (χ4v) is 2.74. The number of ether oxygens (including phenoxy) is 1. The number of hydrogen-bond acceptors (Lipinski definition) is 5. The Morgan fingerprint density at radius 3 is 3.27 bits per heavy atom. The first-order chi connectivity index (χ1) is 7.29. The van der Waals surface area contributed by atoms with Crippen LogP contribution in [0.4, 0.5) is 5.13 Å². The third-order valence-corrected chi connectivity index (χ3v) is 3.56. The Morgan fingerprint density at radius 1 is 1.73 bits per heavy atom. The predicted molar refractivity (Wildman–Crippen MR) is 60.6 cm³/mol. The van der Waals surface area contributed by atoms with E-state index in [9.17, 15) is 5.11 Å². The lowest BCUT2D eigenvalue weighted by atomic mass is 9.99. The zero-order chi connectivity index (χ0) is 10.7. The van der Waals surface area contributed by atoms with Crippen molar-refractivity contribution >= 4 is 16.5 Å². The van der Waals surface area contributed by atoms with Crippen LogP contribution in [0.1, 0.15) is 12.8 Å². The highest BCUT2D eigenvalue weighted by molar-refractivity contribution is 7.13. The van der Waals surface area contributed by atoms with Gasteiger partial charge in [0.1, 0.15) is 0 Å². The summed E-state index contributed by atoms with van der Waals surface area (Å²) in [6, 6.07) is 0. The van der Waals surface area contributed by atoms with Crippen LogP contribution in [-0.4, -0.2) is 36.9 Å². The summed E-state index contributed by atoms with van der Waals surface area (Å²) in [7, 11) is 1.74. The average Bonchev–Trinajstić information content (AvgIpc) is 2.66. The lowest BCUT2D eigenvalue weighted by Gasteiger charge is -2.31. The monoisotopic (exact) mass is 228 g/mol. The van der Waals surface area contributed by atoms with E-state index in [0.29, 0.717) is 5.92 Å². The Balaban J connectivity index is 1.98. The number of methoxy groups -OCH3 is 1. The second-order valence-electron chi connectivity index (χ2n) is 3.90. The van der Waals surface area contributed by atoms with Gasteiger partial charge in [-0.25, -0.2) is 0 Å². The maximum absolute atomic E-state index is 9.20. The van der Waals surface area contributed by atoms with E-state index in [2.05, 4.69) is 9.88 Å². The van der Waals surface area contributed by atoms with Gasteiger partial charge in [0, 0.05) is 20.2 Å². The topological polar surface area (TPSA) is 45.6 Å². The van der Waals surface area contributed by atoms with Crippen LogP contribution in [-0.2, 0) is 4.74 Å². The largest absolute Gasteiger partial charge is 0.493 e. The summed E-state index contributed by atoms with van der Waals surface area (Å²) in [6.07, 6.45) is 2.40. The molecule has 1 N–H and O–H groups in total. The molecule has 5 heteroatoms. The SMILES string of the molecule is COCC1CCCN(c2nc(O)cs2)C1. The highest BCUT2D eigenvalue weighted by Gasteiger charge is 2.21. The van der Waals surface area contributed by atoms with E-state index in [0.717, 1.165) is 24.8 Å². The fourth-order valence-electron chi connectivity index (χ4n) is 2.01. The van der Waals surface area contributed by atoms with Gasteiger partial charge in [-0.2, -0.15) is 4.98 Å². The minimum absolute atomic E-state index is 0.129. The first-order valence-corrected chi connectivity index (χ1v) is 6.06. The Kier molecular flexibility index (Phi) is 3.43. The molecule has 1 aromatic heterocycles. The van der Waals surface area contributed by atoms with Crippen molar-refractivity contribution in [1.29, 1.82) is 0 Å². The first-order valence-electron chi connectivity index (χ1n) is 5.18. The second-order valence-corrected chi connectivity index (χ2v) is 4.73. The molecule has 0 spiro atoms. The highest BCUT2D eigenvalue weighted by atomic mass is 32.1. The van der Waals surface area contributed by atoms with Crippen molar-refractivity contribution in [2.45, 2.75) is 12.8 Å². The van der Waals surface area contributed by atoms with Crippen molar-refractivity contribution in [3.8, 4) is 5.88 Å². The van der Waals surface area contributed by atoms with Gasteiger partial charge >= 0.3 is 0 Å². The summed E-state index contributed by atoms with van der Waals surface area (Å²) in [5.74, 6) is 0.721. The summed E-state index contributed by atoms with van der Waals surface area (Å²) >= 11 is 1.50. The molecule has 4 nitrogen and oxygen atoms in total. The third kappa shape index (κ3) is 2.60. The van der Waals surface area contributed by atoms with Crippen molar-refractivity contribution in [3.05, 3.63) is 5.38 Å². The molecule has 1 saturated heterocycles. The molecule has 1 unspecified atom stereocenters. The van der Waals surface area contributed by atoms with Crippen LogP contribution in [0.3, 0.4) is 0 Å². The van der Waals surface area contributed by atoms with Crippen LogP contribution in [0, 0.1) is 5.92 Å². The number of hydrogen-bond donors (Lipinski definition) is 1. The van der Waals surface area contributed by atoms with Gasteiger partial charge in [0.05, 0.1) is 12.0 Å². The molecular weight excluding hydrogens is 212 g/mol. The lowest BCUT2D eigenvalue weighted by molar-refractivity contribution is 0.143. The van der Waals surface area contributed by atoms with E-state index in [1.54, 1.807) is 12.5 Å². The number of rotatable bonds is 3. The van der Waals surface area contributed by atoms with Crippen LogP contribution >= 0.6 is 11.3 Å². The predicted octanol–water partition coefficient (Wildman–Crippen LogP) is 1.71. The first kappa shape index (κ1) is 10.7.